The molecule has 1 unspecified atom stereocenters. The fraction of sp³-hybridized carbons (Fsp3) is 0.455. The van der Waals surface area contributed by atoms with Gasteiger partial charge in [0, 0.05) is 55.5 Å². The van der Waals surface area contributed by atoms with Gasteiger partial charge in [-0.1, -0.05) is 13.8 Å². The lowest BCUT2D eigenvalue weighted by Gasteiger charge is -2.18. The average Bonchev–Trinajstić information content (AvgIpc) is 3.29. The standard InChI is InChI=1S/C22H28N6O/c1-15(2)12-28-5-4-16(13-28)6-22(29)26-21-8-17-7-18(9-23-20(17)11-24-21)19-10-25-27(3)14-19/h7-11,14-16H,4-6,12-13H2,1-3H3,(H,24,26,29). The van der Waals surface area contributed by atoms with Crippen molar-refractivity contribution in [2.24, 2.45) is 18.9 Å². The molecule has 7 nitrogen and oxygen atoms in total. The Kier molecular flexibility index (Phi) is 5.58. The van der Waals surface area contributed by atoms with Crippen LogP contribution >= 0.6 is 0 Å². The van der Waals surface area contributed by atoms with Gasteiger partial charge in [0.15, 0.2) is 0 Å². The molecule has 29 heavy (non-hydrogen) atoms. The van der Waals surface area contributed by atoms with Gasteiger partial charge in [-0.15, -0.1) is 0 Å². The zero-order valence-electron chi connectivity index (χ0n) is 17.3. The van der Waals surface area contributed by atoms with E-state index >= 15 is 0 Å². The van der Waals surface area contributed by atoms with Crippen LogP contribution in [0.4, 0.5) is 5.82 Å². The predicted octanol–water partition coefficient (Wildman–Crippen LogP) is 3.34. The van der Waals surface area contributed by atoms with Gasteiger partial charge in [0.25, 0.3) is 0 Å². The molecule has 7 heteroatoms. The highest BCUT2D eigenvalue weighted by atomic mass is 16.1. The molecule has 1 amide bonds. The second-order valence-electron chi connectivity index (χ2n) is 8.45. The van der Waals surface area contributed by atoms with E-state index in [1.807, 2.05) is 31.7 Å². The van der Waals surface area contributed by atoms with Crippen molar-refractivity contribution >= 4 is 22.6 Å². The molecule has 3 aromatic heterocycles. The van der Waals surface area contributed by atoms with Crippen molar-refractivity contribution < 1.29 is 4.79 Å². The van der Waals surface area contributed by atoms with Crippen molar-refractivity contribution in [2.75, 3.05) is 25.0 Å². The summed E-state index contributed by atoms with van der Waals surface area (Å²) in [5.41, 5.74) is 2.80. The van der Waals surface area contributed by atoms with Crippen molar-refractivity contribution in [3.05, 3.63) is 36.9 Å². The van der Waals surface area contributed by atoms with Gasteiger partial charge in [-0.3, -0.25) is 14.5 Å². The van der Waals surface area contributed by atoms with Crippen LogP contribution in [0.1, 0.15) is 26.7 Å². The number of fused-ring (bicyclic) bond motifs is 1. The number of nitrogens with zero attached hydrogens (tertiary/aromatic N) is 5. The lowest BCUT2D eigenvalue weighted by molar-refractivity contribution is -0.117. The zero-order chi connectivity index (χ0) is 20.4. The maximum Gasteiger partial charge on any atom is 0.225 e. The number of rotatable bonds is 6. The van der Waals surface area contributed by atoms with Crippen LogP contribution in [0.15, 0.2) is 36.9 Å². The van der Waals surface area contributed by atoms with Crippen LogP contribution in [0.5, 0.6) is 0 Å². The molecule has 0 saturated carbocycles. The normalized spacial score (nSPS) is 17.3. The summed E-state index contributed by atoms with van der Waals surface area (Å²) in [5.74, 6) is 1.69. The van der Waals surface area contributed by atoms with Crippen LogP contribution in [0.2, 0.25) is 0 Å². The molecule has 4 rings (SSSR count). The first kappa shape index (κ1) is 19.5. The molecule has 1 aliphatic rings. The Morgan fingerprint density at radius 2 is 2.07 bits per heavy atom. The van der Waals surface area contributed by atoms with Crippen molar-refractivity contribution in [1.82, 2.24) is 24.6 Å². The zero-order valence-corrected chi connectivity index (χ0v) is 17.3. The predicted molar refractivity (Wildman–Crippen MR) is 114 cm³/mol. The van der Waals surface area contributed by atoms with Gasteiger partial charge in [-0.2, -0.15) is 5.10 Å². The van der Waals surface area contributed by atoms with Crippen molar-refractivity contribution in [3.63, 3.8) is 0 Å². The number of carbonyl (C=O) groups is 1. The largest absolute Gasteiger partial charge is 0.311 e. The van der Waals surface area contributed by atoms with Crippen LogP contribution in [0.25, 0.3) is 22.0 Å². The molecule has 1 saturated heterocycles. The Balaban J connectivity index is 1.42. The van der Waals surface area contributed by atoms with E-state index in [2.05, 4.69) is 45.2 Å². The van der Waals surface area contributed by atoms with Gasteiger partial charge in [0.2, 0.25) is 5.91 Å². The maximum atomic E-state index is 12.5. The van der Waals surface area contributed by atoms with Gasteiger partial charge in [0.1, 0.15) is 5.82 Å². The molecule has 0 radical (unpaired) electrons. The van der Waals surface area contributed by atoms with Crippen molar-refractivity contribution in [2.45, 2.75) is 26.7 Å². The Hall–Kier alpha value is -2.80. The van der Waals surface area contributed by atoms with E-state index in [9.17, 15) is 4.79 Å². The second-order valence-corrected chi connectivity index (χ2v) is 8.45. The first-order valence-electron chi connectivity index (χ1n) is 10.2. The molecule has 1 atom stereocenters. The molecule has 0 aromatic carbocycles. The van der Waals surface area contributed by atoms with Crippen molar-refractivity contribution in [3.8, 4) is 11.1 Å². The highest BCUT2D eigenvalue weighted by molar-refractivity contribution is 5.92. The first-order chi connectivity index (χ1) is 14.0. The third-order valence-corrected chi connectivity index (χ3v) is 5.34. The SMILES string of the molecule is CC(C)CN1CCC(CC(=O)Nc2cc3cc(-c4cnn(C)c4)cnc3cn2)C1. The molecule has 0 spiro atoms. The molecule has 0 bridgehead atoms. The number of anilines is 1. The number of carbonyl (C=O) groups excluding carboxylic acids is 1. The number of hydrogen-bond acceptors (Lipinski definition) is 5. The van der Waals surface area contributed by atoms with E-state index in [-0.39, 0.29) is 5.91 Å². The van der Waals surface area contributed by atoms with Gasteiger partial charge >= 0.3 is 0 Å². The number of aromatic nitrogens is 4. The summed E-state index contributed by atoms with van der Waals surface area (Å²) < 4.78 is 1.77. The highest BCUT2D eigenvalue weighted by Crippen LogP contribution is 2.24. The third-order valence-electron chi connectivity index (χ3n) is 5.34. The van der Waals surface area contributed by atoms with Gasteiger partial charge in [-0.05, 0) is 36.9 Å². The minimum absolute atomic E-state index is 0.0321. The van der Waals surface area contributed by atoms with E-state index in [0.29, 0.717) is 24.1 Å². The molecule has 1 aliphatic heterocycles. The second kappa shape index (κ2) is 8.29. The number of nitrogens with one attached hydrogen (secondary N) is 1. The monoisotopic (exact) mass is 392 g/mol. The third kappa shape index (κ3) is 4.79. The summed E-state index contributed by atoms with van der Waals surface area (Å²) in [6.45, 7) is 7.68. The summed E-state index contributed by atoms with van der Waals surface area (Å²) in [6, 6.07) is 3.94. The van der Waals surface area contributed by atoms with Crippen LogP contribution in [-0.4, -0.2) is 50.2 Å². The summed E-state index contributed by atoms with van der Waals surface area (Å²) in [7, 11) is 1.89. The molecule has 152 valence electrons. The van der Waals surface area contributed by atoms with E-state index in [4.69, 9.17) is 0 Å². The molecule has 1 N–H and O–H groups in total. The Morgan fingerprint density at radius 1 is 1.21 bits per heavy atom. The fourth-order valence-electron chi connectivity index (χ4n) is 4.05. The smallest absolute Gasteiger partial charge is 0.225 e. The minimum Gasteiger partial charge on any atom is -0.311 e. The Morgan fingerprint density at radius 3 is 2.83 bits per heavy atom. The fourth-order valence-corrected chi connectivity index (χ4v) is 4.05. The Labute approximate surface area is 171 Å². The Bertz CT molecular complexity index is 1010. The summed E-state index contributed by atoms with van der Waals surface area (Å²) in [6.07, 6.45) is 8.93. The van der Waals surface area contributed by atoms with Crippen molar-refractivity contribution in [1.29, 1.82) is 0 Å². The molecule has 3 aromatic rings. The highest BCUT2D eigenvalue weighted by Gasteiger charge is 2.25. The molecule has 1 fully saturated rings. The summed E-state index contributed by atoms with van der Waals surface area (Å²) in [5, 5.41) is 8.13. The summed E-state index contributed by atoms with van der Waals surface area (Å²) >= 11 is 0. The number of likely N-dealkylation sites (tertiary alicyclic amines) is 1. The van der Waals surface area contributed by atoms with Gasteiger partial charge in [-0.25, -0.2) is 4.98 Å². The maximum absolute atomic E-state index is 12.5. The number of amides is 1. The van der Waals surface area contributed by atoms with Crippen LogP contribution in [0.3, 0.4) is 0 Å². The number of aryl methyl sites for hydroxylation is 1. The molecule has 0 aliphatic carbocycles. The lowest BCUT2D eigenvalue weighted by atomic mass is 10.0. The van der Waals surface area contributed by atoms with Gasteiger partial charge < -0.3 is 10.2 Å². The molecule has 4 heterocycles. The van der Waals surface area contributed by atoms with Gasteiger partial charge in [0.05, 0.1) is 17.9 Å². The van der Waals surface area contributed by atoms with E-state index < -0.39 is 0 Å². The quantitative estimate of drug-likeness (QED) is 0.696. The van der Waals surface area contributed by atoms with E-state index in [1.165, 1.54) is 0 Å². The molecular weight excluding hydrogens is 364 g/mol. The van der Waals surface area contributed by atoms with E-state index in [1.54, 1.807) is 10.9 Å². The lowest BCUT2D eigenvalue weighted by Crippen LogP contribution is -2.26. The van der Waals surface area contributed by atoms with Crippen LogP contribution in [-0.2, 0) is 11.8 Å². The first-order valence-corrected chi connectivity index (χ1v) is 10.2. The van der Waals surface area contributed by atoms with E-state index in [0.717, 1.165) is 48.1 Å². The summed E-state index contributed by atoms with van der Waals surface area (Å²) in [4.78, 5) is 23.8. The minimum atomic E-state index is 0.0321. The van der Waals surface area contributed by atoms with Crippen LogP contribution in [0, 0.1) is 11.8 Å². The average molecular weight is 393 g/mol. The van der Waals surface area contributed by atoms with Crippen LogP contribution < -0.4 is 5.32 Å². The topological polar surface area (TPSA) is 75.9 Å². The molecular formula is C22H28N6O. The number of pyridine rings is 2. The number of hydrogen-bond donors (Lipinski definition) is 1.